The lowest BCUT2D eigenvalue weighted by Gasteiger charge is -2.30. The van der Waals surface area contributed by atoms with Crippen LogP contribution in [0.5, 0.6) is 0 Å². The average Bonchev–Trinajstić information content (AvgIpc) is 2.76. The maximum absolute atomic E-state index is 5.70. The van der Waals surface area contributed by atoms with E-state index in [4.69, 9.17) is 5.73 Å². The highest BCUT2D eigenvalue weighted by molar-refractivity contribution is 5.30. The third-order valence-corrected chi connectivity index (χ3v) is 4.21. The summed E-state index contributed by atoms with van der Waals surface area (Å²) in [5.41, 5.74) is 5.70. The van der Waals surface area contributed by atoms with Crippen molar-refractivity contribution in [3.8, 4) is 0 Å². The van der Waals surface area contributed by atoms with Gasteiger partial charge in [0.1, 0.15) is 5.82 Å². The van der Waals surface area contributed by atoms with Crippen LogP contribution in [0.1, 0.15) is 43.8 Å². The van der Waals surface area contributed by atoms with E-state index in [1.54, 1.807) is 0 Å². The molecule has 2 fully saturated rings. The van der Waals surface area contributed by atoms with Crippen LogP contribution in [0.3, 0.4) is 0 Å². The van der Waals surface area contributed by atoms with Crippen molar-refractivity contribution < 1.29 is 0 Å². The maximum Gasteiger partial charge on any atom is 0.244 e. The zero-order valence-corrected chi connectivity index (χ0v) is 10.2. The molecule has 1 aromatic rings. The highest BCUT2D eigenvalue weighted by Crippen LogP contribution is 2.34. The number of H-pyrrole nitrogens is 1. The largest absolute Gasteiger partial charge is 0.340 e. The fourth-order valence-electron chi connectivity index (χ4n) is 2.64. The smallest absolute Gasteiger partial charge is 0.244 e. The van der Waals surface area contributed by atoms with Gasteiger partial charge in [0.25, 0.3) is 0 Å². The standard InChI is InChI=1S/C12H21N5/c13-8-9-4-6-17(7-5-9)12-14-11(15-16-12)10-2-1-3-10/h9-10H,1-8,13H2,(H,14,15,16). The lowest BCUT2D eigenvalue weighted by Crippen LogP contribution is -2.36. The van der Waals surface area contributed by atoms with Crippen molar-refractivity contribution in [2.24, 2.45) is 11.7 Å². The number of rotatable bonds is 3. The molecular formula is C12H21N5. The van der Waals surface area contributed by atoms with Crippen LogP contribution in [-0.4, -0.2) is 34.8 Å². The predicted molar refractivity (Wildman–Crippen MR) is 67.0 cm³/mol. The minimum atomic E-state index is 0.637. The monoisotopic (exact) mass is 235 g/mol. The lowest BCUT2D eigenvalue weighted by molar-refractivity contribution is 0.401. The molecule has 1 saturated heterocycles. The summed E-state index contributed by atoms with van der Waals surface area (Å²) in [6, 6.07) is 0. The van der Waals surface area contributed by atoms with Crippen LogP contribution in [-0.2, 0) is 0 Å². The number of nitrogens with zero attached hydrogens (tertiary/aromatic N) is 3. The quantitative estimate of drug-likeness (QED) is 0.827. The van der Waals surface area contributed by atoms with Crippen LogP contribution in [0, 0.1) is 5.92 Å². The molecule has 17 heavy (non-hydrogen) atoms. The number of hydrogen-bond donors (Lipinski definition) is 2. The molecule has 0 atom stereocenters. The van der Waals surface area contributed by atoms with Gasteiger partial charge in [0, 0.05) is 19.0 Å². The molecule has 1 saturated carbocycles. The van der Waals surface area contributed by atoms with Gasteiger partial charge >= 0.3 is 0 Å². The van der Waals surface area contributed by atoms with Crippen molar-refractivity contribution in [2.75, 3.05) is 24.5 Å². The fourth-order valence-corrected chi connectivity index (χ4v) is 2.64. The molecule has 0 amide bonds. The van der Waals surface area contributed by atoms with Crippen molar-refractivity contribution in [3.05, 3.63) is 5.82 Å². The van der Waals surface area contributed by atoms with Crippen LogP contribution < -0.4 is 10.6 Å². The van der Waals surface area contributed by atoms with Crippen molar-refractivity contribution in [1.29, 1.82) is 0 Å². The molecule has 1 aromatic heterocycles. The van der Waals surface area contributed by atoms with Gasteiger partial charge in [-0.3, -0.25) is 5.10 Å². The molecule has 0 bridgehead atoms. The SMILES string of the molecule is NCC1CCN(c2n[nH]c(C3CCC3)n2)CC1. The summed E-state index contributed by atoms with van der Waals surface area (Å²) >= 11 is 0. The molecule has 2 heterocycles. The van der Waals surface area contributed by atoms with Crippen LogP contribution in [0.25, 0.3) is 0 Å². The summed E-state index contributed by atoms with van der Waals surface area (Å²) in [5.74, 6) is 3.31. The second-order valence-corrected chi connectivity index (χ2v) is 5.31. The first-order valence-electron chi connectivity index (χ1n) is 6.74. The molecule has 94 valence electrons. The Morgan fingerprint density at radius 1 is 1.24 bits per heavy atom. The van der Waals surface area contributed by atoms with Gasteiger partial charge in [0.2, 0.25) is 5.95 Å². The number of anilines is 1. The molecule has 5 heteroatoms. The fraction of sp³-hybridized carbons (Fsp3) is 0.833. The van der Waals surface area contributed by atoms with E-state index in [-0.39, 0.29) is 0 Å². The Morgan fingerprint density at radius 2 is 2.00 bits per heavy atom. The molecule has 0 unspecified atom stereocenters. The Bertz CT molecular complexity index is 363. The average molecular weight is 235 g/mol. The van der Waals surface area contributed by atoms with Crippen molar-refractivity contribution in [3.63, 3.8) is 0 Å². The van der Waals surface area contributed by atoms with Gasteiger partial charge in [0.05, 0.1) is 0 Å². The van der Waals surface area contributed by atoms with E-state index >= 15 is 0 Å². The summed E-state index contributed by atoms with van der Waals surface area (Å²) in [4.78, 5) is 6.92. The van der Waals surface area contributed by atoms with Crippen LogP contribution in [0.15, 0.2) is 0 Å². The first kappa shape index (κ1) is 11.0. The van der Waals surface area contributed by atoms with E-state index < -0.39 is 0 Å². The number of aromatic amines is 1. The second-order valence-electron chi connectivity index (χ2n) is 5.31. The summed E-state index contributed by atoms with van der Waals surface area (Å²) in [6.45, 7) is 2.91. The molecule has 0 spiro atoms. The minimum Gasteiger partial charge on any atom is -0.340 e. The number of hydrogen-bond acceptors (Lipinski definition) is 4. The third-order valence-electron chi connectivity index (χ3n) is 4.21. The molecular weight excluding hydrogens is 214 g/mol. The zero-order valence-electron chi connectivity index (χ0n) is 10.2. The highest BCUT2D eigenvalue weighted by atomic mass is 15.4. The summed E-state index contributed by atoms with van der Waals surface area (Å²) in [7, 11) is 0. The molecule has 0 aromatic carbocycles. The normalized spacial score (nSPS) is 22.8. The lowest BCUT2D eigenvalue weighted by atomic mass is 9.85. The predicted octanol–water partition coefficient (Wildman–Crippen LogP) is 1.25. The molecule has 3 N–H and O–H groups in total. The topological polar surface area (TPSA) is 70.8 Å². The molecule has 0 radical (unpaired) electrons. The first-order chi connectivity index (χ1) is 8.36. The Kier molecular flexibility index (Phi) is 3.01. The van der Waals surface area contributed by atoms with E-state index in [2.05, 4.69) is 20.1 Å². The first-order valence-corrected chi connectivity index (χ1v) is 6.74. The van der Waals surface area contributed by atoms with Crippen molar-refractivity contribution in [2.45, 2.75) is 38.0 Å². The zero-order chi connectivity index (χ0) is 11.7. The Labute approximate surface area is 102 Å². The van der Waals surface area contributed by atoms with Gasteiger partial charge in [-0.05, 0) is 38.1 Å². The Balaban J connectivity index is 1.62. The number of piperidine rings is 1. The Hall–Kier alpha value is -1.10. The van der Waals surface area contributed by atoms with E-state index in [0.29, 0.717) is 11.8 Å². The molecule has 3 rings (SSSR count). The van der Waals surface area contributed by atoms with E-state index in [1.165, 1.54) is 32.1 Å². The van der Waals surface area contributed by atoms with Gasteiger partial charge in [-0.15, -0.1) is 5.10 Å². The second kappa shape index (κ2) is 4.64. The van der Waals surface area contributed by atoms with Crippen LogP contribution >= 0.6 is 0 Å². The summed E-state index contributed by atoms with van der Waals surface area (Å²) in [6.07, 6.45) is 6.21. The van der Waals surface area contributed by atoms with Crippen LogP contribution in [0.2, 0.25) is 0 Å². The van der Waals surface area contributed by atoms with Crippen molar-refractivity contribution >= 4 is 5.95 Å². The maximum atomic E-state index is 5.70. The highest BCUT2D eigenvalue weighted by Gasteiger charge is 2.25. The van der Waals surface area contributed by atoms with Crippen molar-refractivity contribution in [1.82, 2.24) is 15.2 Å². The molecule has 1 aliphatic heterocycles. The van der Waals surface area contributed by atoms with Gasteiger partial charge in [-0.25, -0.2) is 0 Å². The molecule has 5 nitrogen and oxygen atoms in total. The number of nitrogens with one attached hydrogen (secondary N) is 1. The molecule has 2 aliphatic rings. The number of aromatic nitrogens is 3. The van der Waals surface area contributed by atoms with Gasteiger partial charge in [-0.2, -0.15) is 4.98 Å². The minimum absolute atomic E-state index is 0.637. The summed E-state index contributed by atoms with van der Waals surface area (Å²) in [5, 5.41) is 7.45. The summed E-state index contributed by atoms with van der Waals surface area (Å²) < 4.78 is 0. The van der Waals surface area contributed by atoms with Gasteiger partial charge in [0.15, 0.2) is 0 Å². The van der Waals surface area contributed by atoms with E-state index in [1.807, 2.05) is 0 Å². The van der Waals surface area contributed by atoms with E-state index in [9.17, 15) is 0 Å². The third kappa shape index (κ3) is 2.16. The number of nitrogens with two attached hydrogens (primary N) is 1. The molecule has 1 aliphatic carbocycles. The van der Waals surface area contributed by atoms with Gasteiger partial charge < -0.3 is 10.6 Å². The van der Waals surface area contributed by atoms with Gasteiger partial charge in [-0.1, -0.05) is 6.42 Å². The van der Waals surface area contributed by atoms with Crippen LogP contribution in [0.4, 0.5) is 5.95 Å². The van der Waals surface area contributed by atoms with E-state index in [0.717, 1.165) is 31.4 Å². The Morgan fingerprint density at radius 3 is 2.59 bits per heavy atom.